The Morgan fingerprint density at radius 2 is 2.04 bits per heavy atom. The lowest BCUT2D eigenvalue weighted by molar-refractivity contribution is 0.0941. The van der Waals surface area contributed by atoms with Crippen LogP contribution in [-0.4, -0.2) is 34.1 Å². The van der Waals surface area contributed by atoms with Crippen LogP contribution in [-0.2, 0) is 0 Å². The van der Waals surface area contributed by atoms with E-state index in [-0.39, 0.29) is 24.0 Å². The zero-order valence-corrected chi connectivity index (χ0v) is 14.7. The molecule has 0 saturated heterocycles. The number of nitrogens with zero attached hydrogens (tertiary/aromatic N) is 3. The number of aromatic nitrogens is 3. The third-order valence-electron chi connectivity index (χ3n) is 3.63. The van der Waals surface area contributed by atoms with Crippen LogP contribution in [0.5, 0.6) is 5.75 Å². The van der Waals surface area contributed by atoms with Crippen LogP contribution in [0.4, 0.5) is 4.39 Å². The van der Waals surface area contributed by atoms with Crippen LogP contribution in [0.2, 0.25) is 5.02 Å². The molecule has 1 aromatic heterocycles. The lowest BCUT2D eigenvalue weighted by atomic mass is 10.3. The second-order valence-electron chi connectivity index (χ2n) is 5.47. The molecule has 0 fully saturated rings. The Morgan fingerprint density at radius 3 is 2.77 bits per heavy atom. The average Bonchev–Trinajstić information content (AvgIpc) is 3.01. The maximum atomic E-state index is 13.0. The van der Waals surface area contributed by atoms with Gasteiger partial charge in [0.25, 0.3) is 5.91 Å². The topological polar surface area (TPSA) is 69.0 Å². The van der Waals surface area contributed by atoms with E-state index in [9.17, 15) is 9.18 Å². The Bertz CT molecular complexity index is 912. The number of amides is 1. The lowest BCUT2D eigenvalue weighted by Gasteiger charge is -2.07. The van der Waals surface area contributed by atoms with Gasteiger partial charge in [-0.3, -0.25) is 4.79 Å². The van der Waals surface area contributed by atoms with Crippen molar-refractivity contribution >= 4 is 17.5 Å². The molecule has 0 spiro atoms. The molecule has 26 heavy (non-hydrogen) atoms. The second kappa shape index (κ2) is 7.97. The number of nitrogens with one attached hydrogen (secondary N) is 1. The van der Waals surface area contributed by atoms with Crippen molar-refractivity contribution in [1.82, 2.24) is 20.3 Å². The fraction of sp³-hybridized carbons (Fsp3) is 0.167. The Morgan fingerprint density at radius 1 is 1.27 bits per heavy atom. The van der Waals surface area contributed by atoms with E-state index in [0.29, 0.717) is 28.7 Å². The highest BCUT2D eigenvalue weighted by Gasteiger charge is 2.17. The lowest BCUT2D eigenvalue weighted by Crippen LogP contribution is -2.29. The molecular formula is C18H16ClFN4O2. The number of hydrogen-bond acceptors (Lipinski definition) is 4. The van der Waals surface area contributed by atoms with Crippen molar-refractivity contribution in [2.45, 2.75) is 6.92 Å². The first-order chi connectivity index (χ1) is 12.5. The van der Waals surface area contributed by atoms with Crippen molar-refractivity contribution < 1.29 is 13.9 Å². The number of benzene rings is 2. The van der Waals surface area contributed by atoms with Gasteiger partial charge >= 0.3 is 0 Å². The molecule has 0 bridgehead atoms. The summed E-state index contributed by atoms with van der Waals surface area (Å²) in [5.74, 6) is -0.0695. The molecule has 134 valence electrons. The summed E-state index contributed by atoms with van der Waals surface area (Å²) in [6, 6.07) is 12.8. The molecule has 0 unspecified atom stereocenters. The minimum atomic E-state index is -0.356. The summed E-state index contributed by atoms with van der Waals surface area (Å²) in [7, 11) is 0. The van der Waals surface area contributed by atoms with Gasteiger partial charge < -0.3 is 10.1 Å². The molecule has 1 N–H and O–H groups in total. The van der Waals surface area contributed by atoms with Gasteiger partial charge in [-0.1, -0.05) is 22.9 Å². The minimum Gasteiger partial charge on any atom is -0.492 e. The summed E-state index contributed by atoms with van der Waals surface area (Å²) in [4.78, 5) is 12.3. The van der Waals surface area contributed by atoms with Crippen LogP contribution in [0.1, 0.15) is 16.2 Å². The molecule has 3 rings (SSSR count). The summed E-state index contributed by atoms with van der Waals surface area (Å²) >= 11 is 5.88. The Kier molecular flexibility index (Phi) is 5.48. The number of hydrogen-bond donors (Lipinski definition) is 1. The predicted octanol–water partition coefficient (Wildman–Crippen LogP) is 3.18. The third kappa shape index (κ3) is 4.18. The molecule has 1 amide bonds. The maximum absolute atomic E-state index is 13.0. The van der Waals surface area contributed by atoms with E-state index >= 15 is 0 Å². The molecule has 0 aliphatic carbocycles. The number of carbonyl (C=O) groups is 1. The molecular weight excluding hydrogens is 359 g/mol. The van der Waals surface area contributed by atoms with E-state index in [1.54, 1.807) is 43.3 Å². The second-order valence-corrected chi connectivity index (χ2v) is 5.91. The van der Waals surface area contributed by atoms with E-state index in [1.165, 1.54) is 16.8 Å². The van der Waals surface area contributed by atoms with Gasteiger partial charge in [0.1, 0.15) is 18.2 Å². The van der Waals surface area contributed by atoms with Crippen LogP contribution >= 0.6 is 11.6 Å². The molecule has 8 heteroatoms. The first-order valence-electron chi connectivity index (χ1n) is 7.89. The van der Waals surface area contributed by atoms with Gasteiger partial charge in [-0.25, -0.2) is 9.07 Å². The minimum absolute atomic E-state index is 0.206. The normalized spacial score (nSPS) is 10.6. The molecule has 2 aromatic carbocycles. The monoisotopic (exact) mass is 374 g/mol. The van der Waals surface area contributed by atoms with Crippen LogP contribution < -0.4 is 10.1 Å². The molecule has 0 atom stereocenters. The summed E-state index contributed by atoms with van der Waals surface area (Å²) < 4.78 is 20.0. The Balaban J connectivity index is 1.57. The van der Waals surface area contributed by atoms with Gasteiger partial charge in [0.2, 0.25) is 0 Å². The molecule has 0 saturated carbocycles. The largest absolute Gasteiger partial charge is 0.492 e. The highest BCUT2D eigenvalue weighted by Crippen LogP contribution is 2.17. The highest BCUT2D eigenvalue weighted by atomic mass is 35.5. The van der Waals surface area contributed by atoms with Gasteiger partial charge in [0.15, 0.2) is 5.69 Å². The van der Waals surface area contributed by atoms with E-state index in [2.05, 4.69) is 15.6 Å². The number of carbonyl (C=O) groups excluding carboxylic acids is 1. The summed E-state index contributed by atoms with van der Waals surface area (Å²) in [5.41, 5.74) is 1.39. The highest BCUT2D eigenvalue weighted by molar-refractivity contribution is 6.30. The van der Waals surface area contributed by atoms with Crippen molar-refractivity contribution in [2.24, 2.45) is 0 Å². The van der Waals surface area contributed by atoms with Gasteiger partial charge in [-0.2, -0.15) is 0 Å². The van der Waals surface area contributed by atoms with Crippen LogP contribution in [0.15, 0.2) is 48.5 Å². The first-order valence-corrected chi connectivity index (χ1v) is 8.27. The van der Waals surface area contributed by atoms with Crippen LogP contribution in [0.3, 0.4) is 0 Å². The van der Waals surface area contributed by atoms with Crippen molar-refractivity contribution in [2.75, 3.05) is 13.2 Å². The maximum Gasteiger partial charge on any atom is 0.273 e. The molecule has 0 radical (unpaired) electrons. The number of rotatable bonds is 6. The van der Waals surface area contributed by atoms with Gasteiger partial charge in [0, 0.05) is 5.02 Å². The van der Waals surface area contributed by atoms with Crippen molar-refractivity contribution in [1.29, 1.82) is 0 Å². The molecule has 3 aromatic rings. The fourth-order valence-corrected chi connectivity index (χ4v) is 2.52. The van der Waals surface area contributed by atoms with Crippen molar-refractivity contribution in [3.63, 3.8) is 0 Å². The summed E-state index contributed by atoms with van der Waals surface area (Å²) in [6.45, 7) is 2.31. The zero-order chi connectivity index (χ0) is 18.5. The van der Waals surface area contributed by atoms with E-state index in [4.69, 9.17) is 16.3 Å². The summed E-state index contributed by atoms with van der Waals surface area (Å²) in [6.07, 6.45) is 0. The smallest absolute Gasteiger partial charge is 0.273 e. The number of halogens is 2. The zero-order valence-electron chi connectivity index (χ0n) is 13.9. The van der Waals surface area contributed by atoms with Gasteiger partial charge in [-0.05, 0) is 49.4 Å². The number of ether oxygens (including phenoxy) is 1. The fourth-order valence-electron chi connectivity index (χ4n) is 2.34. The Hall–Kier alpha value is -2.93. The van der Waals surface area contributed by atoms with Crippen LogP contribution in [0, 0.1) is 12.7 Å². The molecule has 0 aliphatic heterocycles. The van der Waals surface area contributed by atoms with Crippen molar-refractivity contribution in [3.8, 4) is 11.4 Å². The Labute approximate surface area is 154 Å². The third-order valence-corrected chi connectivity index (χ3v) is 3.87. The van der Waals surface area contributed by atoms with E-state index < -0.39 is 0 Å². The molecule has 1 heterocycles. The van der Waals surface area contributed by atoms with Crippen molar-refractivity contribution in [3.05, 3.63) is 70.8 Å². The van der Waals surface area contributed by atoms with Gasteiger partial charge in [0.05, 0.1) is 17.9 Å². The van der Waals surface area contributed by atoms with Gasteiger partial charge in [-0.15, -0.1) is 5.10 Å². The summed E-state index contributed by atoms with van der Waals surface area (Å²) in [5, 5.41) is 11.2. The standard InChI is InChI=1S/C18H16ClFN4O2/c1-12-17(22-23-24(12)15-7-5-14(20)6-8-15)18(25)21-9-10-26-16-4-2-3-13(19)11-16/h2-8,11H,9-10H2,1H3,(H,21,25). The quantitative estimate of drug-likeness (QED) is 0.673. The predicted molar refractivity (Wildman–Crippen MR) is 95.3 cm³/mol. The molecule has 6 nitrogen and oxygen atoms in total. The average molecular weight is 375 g/mol. The van der Waals surface area contributed by atoms with Crippen LogP contribution in [0.25, 0.3) is 5.69 Å². The van der Waals surface area contributed by atoms with E-state index in [0.717, 1.165) is 0 Å². The SMILES string of the molecule is Cc1c(C(=O)NCCOc2cccc(Cl)c2)nnn1-c1ccc(F)cc1. The van der Waals surface area contributed by atoms with E-state index in [1.807, 2.05) is 0 Å². The molecule has 0 aliphatic rings. The first kappa shape index (κ1) is 17.9.